The molecule has 26 heavy (non-hydrogen) atoms. The lowest BCUT2D eigenvalue weighted by Crippen LogP contribution is -2.49. The Hall–Kier alpha value is -1.95. The van der Waals surface area contributed by atoms with E-state index in [1.807, 2.05) is 24.3 Å². The van der Waals surface area contributed by atoms with Crippen molar-refractivity contribution in [3.8, 4) is 0 Å². The van der Waals surface area contributed by atoms with Crippen molar-refractivity contribution in [2.75, 3.05) is 11.6 Å². The average Bonchev–Trinajstić information content (AvgIpc) is 3.24. The number of para-hydroxylation sites is 1. The van der Waals surface area contributed by atoms with Gasteiger partial charge in [-0.1, -0.05) is 43.9 Å². The van der Waals surface area contributed by atoms with E-state index in [2.05, 4.69) is 10.3 Å². The fourth-order valence-corrected chi connectivity index (χ4v) is 5.14. The summed E-state index contributed by atoms with van der Waals surface area (Å²) in [6, 6.07) is 7.68. The van der Waals surface area contributed by atoms with E-state index < -0.39 is 0 Å². The summed E-state index contributed by atoms with van der Waals surface area (Å²) < 4.78 is 0. The van der Waals surface area contributed by atoms with Crippen LogP contribution in [0.1, 0.15) is 48.9 Å². The van der Waals surface area contributed by atoms with Gasteiger partial charge in [0, 0.05) is 28.9 Å². The van der Waals surface area contributed by atoms with Crippen LogP contribution in [0.4, 0.5) is 0 Å². The molecule has 2 aromatic rings. The van der Waals surface area contributed by atoms with Gasteiger partial charge in [-0.15, -0.1) is 11.8 Å². The molecule has 5 nitrogen and oxygen atoms in total. The van der Waals surface area contributed by atoms with E-state index in [1.165, 1.54) is 25.7 Å². The number of thioether (sulfide) groups is 1. The lowest BCUT2D eigenvalue weighted by molar-refractivity contribution is -0.125. The van der Waals surface area contributed by atoms with Gasteiger partial charge in [0.1, 0.15) is 6.04 Å². The van der Waals surface area contributed by atoms with Crippen molar-refractivity contribution in [3.05, 3.63) is 36.0 Å². The molecule has 2 heterocycles. The van der Waals surface area contributed by atoms with Crippen LogP contribution in [0.25, 0.3) is 10.9 Å². The zero-order chi connectivity index (χ0) is 17.9. The Morgan fingerprint density at radius 1 is 1.12 bits per heavy atom. The number of carbonyl (C=O) groups excluding carboxylic acids is 2. The Kier molecular flexibility index (Phi) is 5.20. The smallest absolute Gasteiger partial charge is 0.257 e. The van der Waals surface area contributed by atoms with Crippen LogP contribution in [0.5, 0.6) is 0 Å². The molecule has 0 unspecified atom stereocenters. The number of fused-ring (bicyclic) bond motifs is 1. The number of amides is 2. The van der Waals surface area contributed by atoms with Crippen molar-refractivity contribution in [1.29, 1.82) is 0 Å². The van der Waals surface area contributed by atoms with Crippen molar-refractivity contribution in [1.82, 2.24) is 15.2 Å². The van der Waals surface area contributed by atoms with E-state index in [-0.39, 0.29) is 23.9 Å². The molecular formula is C20H25N3O2S. The second-order valence-corrected chi connectivity index (χ2v) is 8.24. The van der Waals surface area contributed by atoms with Gasteiger partial charge in [0.25, 0.3) is 5.91 Å². The molecule has 4 rings (SSSR count). The Morgan fingerprint density at radius 3 is 2.69 bits per heavy atom. The summed E-state index contributed by atoms with van der Waals surface area (Å²) >= 11 is 1.65. The van der Waals surface area contributed by atoms with Gasteiger partial charge in [-0.25, -0.2) is 0 Å². The fourth-order valence-electron chi connectivity index (χ4n) is 3.98. The predicted molar refractivity (Wildman–Crippen MR) is 105 cm³/mol. The van der Waals surface area contributed by atoms with Gasteiger partial charge in [-0.2, -0.15) is 0 Å². The largest absolute Gasteiger partial charge is 0.360 e. The molecule has 1 saturated heterocycles. The zero-order valence-electron chi connectivity index (χ0n) is 14.9. The van der Waals surface area contributed by atoms with Crippen LogP contribution in [0.2, 0.25) is 0 Å². The third-order valence-electron chi connectivity index (χ3n) is 5.47. The van der Waals surface area contributed by atoms with Crippen molar-refractivity contribution in [2.45, 2.75) is 50.6 Å². The minimum absolute atomic E-state index is 0.00934. The molecule has 1 aromatic carbocycles. The number of hydrogen-bond acceptors (Lipinski definition) is 3. The van der Waals surface area contributed by atoms with E-state index in [0.717, 1.165) is 23.7 Å². The van der Waals surface area contributed by atoms with Gasteiger partial charge in [0.2, 0.25) is 5.91 Å². The molecule has 1 saturated carbocycles. The van der Waals surface area contributed by atoms with Crippen molar-refractivity contribution in [3.63, 3.8) is 0 Å². The van der Waals surface area contributed by atoms with E-state index in [1.54, 1.807) is 22.9 Å². The molecule has 2 aliphatic rings. The first-order valence-electron chi connectivity index (χ1n) is 9.49. The summed E-state index contributed by atoms with van der Waals surface area (Å²) in [4.78, 5) is 30.8. The van der Waals surface area contributed by atoms with Crippen LogP contribution in [0, 0.1) is 0 Å². The molecule has 0 bridgehead atoms. The lowest BCUT2D eigenvalue weighted by Gasteiger charge is -2.25. The molecule has 1 aromatic heterocycles. The van der Waals surface area contributed by atoms with E-state index in [9.17, 15) is 9.59 Å². The highest BCUT2D eigenvalue weighted by Crippen LogP contribution is 2.27. The van der Waals surface area contributed by atoms with Crippen LogP contribution in [0.15, 0.2) is 30.5 Å². The molecule has 0 spiro atoms. The summed E-state index contributed by atoms with van der Waals surface area (Å²) in [6.45, 7) is 0. The van der Waals surface area contributed by atoms with Gasteiger partial charge in [-0.3, -0.25) is 9.59 Å². The number of H-pyrrole nitrogens is 1. The Balaban J connectivity index is 1.48. The van der Waals surface area contributed by atoms with Crippen molar-refractivity contribution < 1.29 is 9.59 Å². The minimum Gasteiger partial charge on any atom is -0.360 e. The number of benzene rings is 1. The first kappa shape index (κ1) is 17.5. The molecule has 2 amide bonds. The highest BCUT2D eigenvalue weighted by Gasteiger charge is 2.36. The van der Waals surface area contributed by atoms with Gasteiger partial charge < -0.3 is 15.2 Å². The minimum atomic E-state index is -0.371. The van der Waals surface area contributed by atoms with Gasteiger partial charge in [0.15, 0.2) is 0 Å². The van der Waals surface area contributed by atoms with Crippen molar-refractivity contribution in [2.24, 2.45) is 0 Å². The summed E-state index contributed by atoms with van der Waals surface area (Å²) in [5.74, 6) is 1.19. The highest BCUT2D eigenvalue weighted by atomic mass is 32.2. The Bertz CT molecular complexity index is 795. The Labute approximate surface area is 157 Å². The molecule has 1 aliphatic heterocycles. The van der Waals surface area contributed by atoms with Gasteiger partial charge in [-0.05, 0) is 18.9 Å². The van der Waals surface area contributed by atoms with Gasteiger partial charge in [0.05, 0.1) is 11.4 Å². The number of aromatic amines is 1. The molecule has 0 radical (unpaired) electrons. The predicted octanol–water partition coefficient (Wildman–Crippen LogP) is 3.52. The summed E-state index contributed by atoms with van der Waals surface area (Å²) in [6.07, 6.45) is 8.76. The highest BCUT2D eigenvalue weighted by molar-refractivity contribution is 7.99. The normalized spacial score (nSPS) is 21.7. The molecular weight excluding hydrogens is 346 g/mol. The van der Waals surface area contributed by atoms with Crippen LogP contribution in [0.3, 0.4) is 0 Å². The van der Waals surface area contributed by atoms with E-state index in [4.69, 9.17) is 0 Å². The van der Waals surface area contributed by atoms with E-state index >= 15 is 0 Å². The third-order valence-corrected chi connectivity index (χ3v) is 6.48. The maximum absolute atomic E-state index is 13.1. The second-order valence-electron chi connectivity index (χ2n) is 7.24. The monoisotopic (exact) mass is 371 g/mol. The average molecular weight is 372 g/mol. The molecule has 6 heteroatoms. The first-order chi connectivity index (χ1) is 12.7. The molecule has 2 N–H and O–H groups in total. The van der Waals surface area contributed by atoms with Gasteiger partial charge >= 0.3 is 0 Å². The van der Waals surface area contributed by atoms with Crippen LogP contribution in [-0.2, 0) is 4.79 Å². The van der Waals surface area contributed by atoms with Crippen LogP contribution >= 0.6 is 11.8 Å². The topological polar surface area (TPSA) is 65.2 Å². The summed E-state index contributed by atoms with van der Waals surface area (Å²) in [5, 5.41) is 4.13. The fraction of sp³-hybridized carbons (Fsp3) is 0.500. The quantitative estimate of drug-likeness (QED) is 0.812. The maximum Gasteiger partial charge on any atom is 0.257 e. The Morgan fingerprint density at radius 2 is 1.88 bits per heavy atom. The number of nitrogens with zero attached hydrogens (tertiary/aromatic N) is 1. The first-order valence-corrected chi connectivity index (χ1v) is 10.6. The van der Waals surface area contributed by atoms with Crippen molar-refractivity contribution >= 4 is 34.5 Å². The number of aromatic nitrogens is 1. The van der Waals surface area contributed by atoms with E-state index in [0.29, 0.717) is 17.2 Å². The molecule has 1 atom stereocenters. The third kappa shape index (κ3) is 3.47. The maximum atomic E-state index is 13.1. The SMILES string of the molecule is O=C(NC1CCCCCC1)[C@@H]1CSCN1C(=O)c1c[nH]c2ccccc12. The number of hydrogen-bond donors (Lipinski definition) is 2. The standard InChI is InChI=1S/C20H25N3O2S/c24-19(22-14-7-3-1-2-4-8-14)18-12-26-13-23(18)20(25)16-11-21-17-10-6-5-9-15(16)17/h5-6,9-11,14,18,21H,1-4,7-8,12-13H2,(H,22,24)/t18-/m0/s1. The van der Waals surface area contributed by atoms with Crippen LogP contribution in [-0.4, -0.2) is 45.4 Å². The molecule has 2 fully saturated rings. The van der Waals surface area contributed by atoms with Crippen LogP contribution < -0.4 is 5.32 Å². The molecule has 138 valence electrons. The summed E-state index contributed by atoms with van der Waals surface area (Å²) in [5.41, 5.74) is 1.59. The zero-order valence-corrected chi connectivity index (χ0v) is 15.7. The second kappa shape index (κ2) is 7.74. The number of carbonyl (C=O) groups is 2. The lowest BCUT2D eigenvalue weighted by atomic mass is 10.1. The molecule has 1 aliphatic carbocycles. The number of nitrogens with one attached hydrogen (secondary N) is 2. The number of rotatable bonds is 3. The summed E-state index contributed by atoms with van der Waals surface area (Å²) in [7, 11) is 0.